The number of amides is 1. The lowest BCUT2D eigenvalue weighted by Crippen LogP contribution is -2.34. The molecule has 24 heavy (non-hydrogen) atoms. The van der Waals surface area contributed by atoms with Crippen molar-refractivity contribution in [2.45, 2.75) is 51.1 Å². The molecule has 0 aliphatic heterocycles. The van der Waals surface area contributed by atoms with Gasteiger partial charge in [0.15, 0.2) is 5.82 Å². The smallest absolute Gasteiger partial charge is 0.358 e. The molecule has 2 aromatic heterocycles. The molecule has 0 bridgehead atoms. The Bertz CT molecular complexity index is 716. The lowest BCUT2D eigenvalue weighted by atomic mass is 10.1. The van der Waals surface area contributed by atoms with Gasteiger partial charge in [-0.2, -0.15) is 9.67 Å². The summed E-state index contributed by atoms with van der Waals surface area (Å²) in [6.45, 7) is 0.0913. The predicted octanol–water partition coefficient (Wildman–Crippen LogP) is 1.68. The fourth-order valence-corrected chi connectivity index (χ4v) is 2.76. The molecule has 10 nitrogen and oxygen atoms in total. The third-order valence-electron chi connectivity index (χ3n) is 3.97. The maximum absolute atomic E-state index is 12.2. The standard InChI is InChI=1S/C14H18N6O4/c21-13(15-10-5-3-1-2-4-6-10)14-16-11(18-24-14)9-19-8-7-12(17-19)20(22)23/h7-8,10H,1-6,9H2,(H,15,21). The molecule has 0 atom stereocenters. The molecule has 3 rings (SSSR count). The molecule has 2 heterocycles. The fourth-order valence-electron chi connectivity index (χ4n) is 2.76. The largest absolute Gasteiger partial charge is 0.389 e. The highest BCUT2D eigenvalue weighted by atomic mass is 16.6. The highest BCUT2D eigenvalue weighted by molar-refractivity contribution is 5.89. The van der Waals surface area contributed by atoms with Crippen LogP contribution in [-0.4, -0.2) is 36.8 Å². The molecule has 0 saturated heterocycles. The van der Waals surface area contributed by atoms with E-state index in [4.69, 9.17) is 4.52 Å². The molecule has 128 valence electrons. The lowest BCUT2D eigenvalue weighted by molar-refractivity contribution is -0.389. The molecule has 1 fully saturated rings. The number of hydrogen-bond acceptors (Lipinski definition) is 7. The molecular weight excluding hydrogens is 316 g/mol. The molecule has 0 spiro atoms. The first-order valence-corrected chi connectivity index (χ1v) is 7.93. The third-order valence-corrected chi connectivity index (χ3v) is 3.97. The number of rotatable bonds is 5. The minimum absolute atomic E-state index is 0.0913. The van der Waals surface area contributed by atoms with E-state index < -0.39 is 4.92 Å². The van der Waals surface area contributed by atoms with Gasteiger partial charge in [-0.1, -0.05) is 30.8 Å². The Kier molecular flexibility index (Phi) is 4.82. The zero-order chi connectivity index (χ0) is 16.9. The van der Waals surface area contributed by atoms with E-state index >= 15 is 0 Å². The molecule has 0 radical (unpaired) electrons. The summed E-state index contributed by atoms with van der Waals surface area (Å²) in [7, 11) is 0. The number of nitrogens with zero attached hydrogens (tertiary/aromatic N) is 5. The first kappa shape index (κ1) is 16.1. The Hall–Kier alpha value is -2.78. The van der Waals surface area contributed by atoms with Gasteiger partial charge in [0.25, 0.3) is 0 Å². The first-order chi connectivity index (χ1) is 11.6. The molecule has 0 aromatic carbocycles. The van der Waals surface area contributed by atoms with Gasteiger partial charge in [-0.05, 0) is 17.8 Å². The van der Waals surface area contributed by atoms with E-state index in [0.29, 0.717) is 0 Å². The minimum Gasteiger partial charge on any atom is -0.358 e. The Balaban J connectivity index is 1.59. The quantitative estimate of drug-likeness (QED) is 0.500. The molecule has 0 unspecified atom stereocenters. The van der Waals surface area contributed by atoms with E-state index in [1.165, 1.54) is 29.8 Å². The summed E-state index contributed by atoms with van der Waals surface area (Å²) in [4.78, 5) is 26.2. The van der Waals surface area contributed by atoms with Gasteiger partial charge in [0.05, 0.1) is 17.4 Å². The Labute approximate surface area is 137 Å². The van der Waals surface area contributed by atoms with E-state index in [0.717, 1.165) is 25.7 Å². The molecule has 1 aliphatic rings. The topological polar surface area (TPSA) is 129 Å². The van der Waals surface area contributed by atoms with Crippen molar-refractivity contribution in [1.29, 1.82) is 0 Å². The van der Waals surface area contributed by atoms with Crippen LogP contribution in [0.15, 0.2) is 16.8 Å². The van der Waals surface area contributed by atoms with Gasteiger partial charge < -0.3 is 20.0 Å². The van der Waals surface area contributed by atoms with Gasteiger partial charge in [0, 0.05) is 6.04 Å². The van der Waals surface area contributed by atoms with Crippen molar-refractivity contribution < 1.29 is 14.2 Å². The highest BCUT2D eigenvalue weighted by Gasteiger charge is 2.21. The summed E-state index contributed by atoms with van der Waals surface area (Å²) in [6.07, 6.45) is 7.99. The van der Waals surface area contributed by atoms with Crippen LogP contribution in [0.4, 0.5) is 5.82 Å². The van der Waals surface area contributed by atoms with Gasteiger partial charge in [0.1, 0.15) is 6.54 Å². The molecule has 1 N–H and O–H groups in total. The number of aromatic nitrogens is 4. The van der Waals surface area contributed by atoms with Crippen molar-refractivity contribution in [3.63, 3.8) is 0 Å². The van der Waals surface area contributed by atoms with Crippen molar-refractivity contribution >= 4 is 11.7 Å². The third kappa shape index (κ3) is 3.94. The second-order valence-corrected chi connectivity index (χ2v) is 5.81. The number of carbonyl (C=O) groups excluding carboxylic acids is 1. The second kappa shape index (κ2) is 7.20. The lowest BCUT2D eigenvalue weighted by Gasteiger charge is -2.14. The molecular formula is C14H18N6O4. The Morgan fingerprint density at radius 3 is 2.79 bits per heavy atom. The molecule has 1 amide bonds. The van der Waals surface area contributed by atoms with Gasteiger partial charge in [-0.25, -0.2) is 0 Å². The van der Waals surface area contributed by atoms with Crippen LogP contribution in [0.25, 0.3) is 0 Å². The van der Waals surface area contributed by atoms with Crippen LogP contribution < -0.4 is 5.32 Å². The van der Waals surface area contributed by atoms with Gasteiger partial charge >= 0.3 is 17.6 Å². The van der Waals surface area contributed by atoms with E-state index in [2.05, 4.69) is 20.6 Å². The summed E-state index contributed by atoms with van der Waals surface area (Å²) in [5.41, 5.74) is 0. The van der Waals surface area contributed by atoms with Crippen LogP contribution in [0.3, 0.4) is 0 Å². The maximum Gasteiger partial charge on any atom is 0.389 e. The van der Waals surface area contributed by atoms with Crippen molar-refractivity contribution in [2.75, 3.05) is 0 Å². The Morgan fingerprint density at radius 2 is 2.12 bits per heavy atom. The summed E-state index contributed by atoms with van der Waals surface area (Å²) in [5.74, 6) is -0.508. The van der Waals surface area contributed by atoms with E-state index in [-0.39, 0.29) is 36.0 Å². The average molecular weight is 334 g/mol. The number of nitrogens with one attached hydrogen (secondary N) is 1. The van der Waals surface area contributed by atoms with Gasteiger partial charge in [-0.15, -0.1) is 0 Å². The van der Waals surface area contributed by atoms with E-state index in [1.807, 2.05) is 0 Å². The van der Waals surface area contributed by atoms with Crippen molar-refractivity contribution in [3.05, 3.63) is 34.1 Å². The zero-order valence-corrected chi connectivity index (χ0v) is 13.1. The number of nitro groups is 1. The zero-order valence-electron chi connectivity index (χ0n) is 13.1. The second-order valence-electron chi connectivity index (χ2n) is 5.81. The summed E-state index contributed by atoms with van der Waals surface area (Å²) < 4.78 is 6.29. The van der Waals surface area contributed by atoms with Gasteiger partial charge in [-0.3, -0.25) is 4.79 Å². The Morgan fingerprint density at radius 1 is 1.38 bits per heavy atom. The highest BCUT2D eigenvalue weighted by Crippen LogP contribution is 2.17. The van der Waals surface area contributed by atoms with Crippen molar-refractivity contribution in [2.24, 2.45) is 0 Å². The molecule has 2 aromatic rings. The normalized spacial score (nSPS) is 15.8. The predicted molar refractivity (Wildman–Crippen MR) is 81.2 cm³/mol. The van der Waals surface area contributed by atoms with Crippen LogP contribution in [0.1, 0.15) is 55.0 Å². The van der Waals surface area contributed by atoms with Crippen LogP contribution in [0, 0.1) is 10.1 Å². The molecule has 10 heteroatoms. The van der Waals surface area contributed by atoms with Crippen LogP contribution in [-0.2, 0) is 6.54 Å². The van der Waals surface area contributed by atoms with E-state index in [1.54, 1.807) is 0 Å². The molecule has 1 saturated carbocycles. The average Bonchev–Trinajstić information content (AvgIpc) is 3.14. The first-order valence-electron chi connectivity index (χ1n) is 7.93. The van der Waals surface area contributed by atoms with Crippen molar-refractivity contribution in [3.8, 4) is 0 Å². The number of carbonyl (C=O) groups is 1. The fraction of sp³-hybridized carbons (Fsp3) is 0.571. The van der Waals surface area contributed by atoms with Gasteiger partial charge in [0.2, 0.25) is 0 Å². The summed E-state index contributed by atoms with van der Waals surface area (Å²) in [6, 6.07) is 1.42. The van der Waals surface area contributed by atoms with Crippen LogP contribution in [0.5, 0.6) is 0 Å². The van der Waals surface area contributed by atoms with Crippen LogP contribution >= 0.6 is 0 Å². The van der Waals surface area contributed by atoms with Crippen LogP contribution in [0.2, 0.25) is 0 Å². The molecule has 1 aliphatic carbocycles. The number of hydrogen-bond donors (Lipinski definition) is 1. The maximum atomic E-state index is 12.2. The SMILES string of the molecule is O=C(NC1CCCCCC1)c1nc(Cn2ccc([N+](=O)[O-])n2)no1. The van der Waals surface area contributed by atoms with E-state index in [9.17, 15) is 14.9 Å². The summed E-state index contributed by atoms with van der Waals surface area (Å²) >= 11 is 0. The van der Waals surface area contributed by atoms with Crippen molar-refractivity contribution in [1.82, 2.24) is 25.2 Å². The minimum atomic E-state index is -0.585. The monoisotopic (exact) mass is 334 g/mol. The summed E-state index contributed by atoms with van der Waals surface area (Å²) in [5, 5.41) is 21.0.